The standard InChI is InChI=1S/C17H18N2O2S.C14H16F3N3O2.C14H23NOS/c1-9(2)13-8-22-17(19-13)12-7-14(20)11-5-6-15(21-4)10(3)16(11)18-12;15-14(16,17)9-3-1-4-10(7-9)19-8-12(21)20-6-2-5-11(20)13(18)22;1-2-3-4-5-6-7-11-10-13(11)14(16)15-17-12-8-9-12/h5-9H,1-4H3,(H,18,20);1,3-4,7,11,19H,2,5-6,8H2,(H2,18,22);6-7,11-13H,2-5,8-10H2,1H3,(H,15,16)/b;;7-6-/t;11-;11?,13-/m.00/s1. The number of H-pyrrole nitrogens is 1. The van der Waals surface area contributed by atoms with Crippen LogP contribution in [0.4, 0.5) is 18.9 Å². The number of carbonyl (C=O) groups is 3. The van der Waals surface area contributed by atoms with Crippen molar-refractivity contribution in [3.63, 3.8) is 0 Å². The van der Waals surface area contributed by atoms with E-state index in [4.69, 9.17) is 10.5 Å². The Bertz CT molecular complexity index is 2220. The maximum Gasteiger partial charge on any atom is 0.416 e. The van der Waals surface area contributed by atoms with E-state index in [1.165, 1.54) is 55.6 Å². The first-order valence-corrected chi connectivity index (χ1v) is 22.7. The van der Waals surface area contributed by atoms with Gasteiger partial charge in [0.1, 0.15) is 16.8 Å². The number of primary amides is 1. The number of thiazole rings is 1. The summed E-state index contributed by atoms with van der Waals surface area (Å²) in [4.78, 5) is 56.7. The molecule has 0 spiro atoms. The van der Waals surface area contributed by atoms with Crippen molar-refractivity contribution in [2.24, 2.45) is 17.6 Å². The van der Waals surface area contributed by atoms with Crippen LogP contribution < -0.4 is 25.9 Å². The molecule has 0 bridgehead atoms. The summed E-state index contributed by atoms with van der Waals surface area (Å²) < 4.78 is 46.1. The number of methoxy groups -OCH3 is 1. The van der Waals surface area contributed by atoms with E-state index in [0.29, 0.717) is 41.9 Å². The fourth-order valence-electron chi connectivity index (χ4n) is 6.81. The summed E-state index contributed by atoms with van der Waals surface area (Å²) >= 11 is 3.18. The van der Waals surface area contributed by atoms with E-state index in [2.05, 4.69) is 52.9 Å². The lowest BCUT2D eigenvalue weighted by atomic mass is 10.1. The molecule has 1 aliphatic heterocycles. The van der Waals surface area contributed by atoms with E-state index in [1.807, 2.05) is 18.4 Å². The van der Waals surface area contributed by atoms with Crippen LogP contribution in [-0.4, -0.2) is 64.1 Å². The number of anilines is 1. The second-order valence-electron chi connectivity index (χ2n) is 15.9. The fourth-order valence-corrected chi connectivity index (χ4v) is 8.57. The van der Waals surface area contributed by atoms with Crippen LogP contribution in [0.5, 0.6) is 5.75 Å². The van der Waals surface area contributed by atoms with Crippen molar-refractivity contribution < 1.29 is 32.3 Å². The van der Waals surface area contributed by atoms with Gasteiger partial charge in [-0.25, -0.2) is 4.98 Å². The van der Waals surface area contributed by atoms with Gasteiger partial charge >= 0.3 is 6.18 Å². The predicted octanol–water partition coefficient (Wildman–Crippen LogP) is 9.37. The van der Waals surface area contributed by atoms with Crippen LogP contribution in [0.1, 0.15) is 101 Å². The third-order valence-electron chi connectivity index (χ3n) is 10.7. The van der Waals surface area contributed by atoms with Crippen molar-refractivity contribution in [1.29, 1.82) is 0 Å². The number of pyridine rings is 1. The molecule has 61 heavy (non-hydrogen) atoms. The number of amides is 3. The number of fused-ring (bicyclic) bond motifs is 1. The lowest BCUT2D eigenvalue weighted by molar-refractivity contribution is -0.137. The number of nitrogens with two attached hydrogens (primary N) is 1. The number of alkyl halides is 3. The lowest BCUT2D eigenvalue weighted by Gasteiger charge is -2.22. The number of aromatic nitrogens is 2. The number of allylic oxidation sites excluding steroid dienone is 2. The van der Waals surface area contributed by atoms with Crippen LogP contribution in [0.25, 0.3) is 21.6 Å². The first-order valence-electron chi connectivity index (χ1n) is 20.9. The van der Waals surface area contributed by atoms with Gasteiger partial charge in [-0.05, 0) is 106 Å². The van der Waals surface area contributed by atoms with Gasteiger partial charge in [-0.15, -0.1) is 11.3 Å². The Labute approximate surface area is 363 Å². The zero-order chi connectivity index (χ0) is 44.3. The normalized spacial score (nSPS) is 18.3. The molecule has 5 N–H and O–H groups in total. The molecule has 3 fully saturated rings. The highest BCUT2D eigenvalue weighted by molar-refractivity contribution is 7.98. The van der Waals surface area contributed by atoms with E-state index in [9.17, 15) is 32.3 Å². The molecule has 4 aromatic rings. The number of nitrogens with zero attached hydrogens (tertiary/aromatic N) is 2. The van der Waals surface area contributed by atoms with Crippen LogP contribution in [-0.2, 0) is 20.6 Å². The van der Waals surface area contributed by atoms with Crippen molar-refractivity contribution in [1.82, 2.24) is 19.6 Å². The summed E-state index contributed by atoms with van der Waals surface area (Å²) in [6, 6.07) is 9.21. The van der Waals surface area contributed by atoms with Crippen molar-refractivity contribution in [3.05, 3.63) is 87.0 Å². The van der Waals surface area contributed by atoms with Crippen molar-refractivity contribution in [2.45, 2.75) is 109 Å². The zero-order valence-corrected chi connectivity index (χ0v) is 37.0. The molecule has 3 atom stereocenters. The topological polar surface area (TPSA) is 160 Å². The Morgan fingerprint density at radius 3 is 2.56 bits per heavy atom. The summed E-state index contributed by atoms with van der Waals surface area (Å²) in [7, 11) is 1.63. The number of likely N-dealkylation sites (tertiary alicyclic amines) is 1. The average Bonchev–Trinajstić information content (AvgIpc) is 4.10. The number of aryl methyl sites for hydroxylation is 1. The summed E-state index contributed by atoms with van der Waals surface area (Å²) in [6.07, 6.45) is 9.94. The predicted molar refractivity (Wildman–Crippen MR) is 239 cm³/mol. The maximum atomic E-state index is 12.6. The highest BCUT2D eigenvalue weighted by atomic mass is 32.2. The number of carbonyl (C=O) groups excluding carboxylic acids is 3. The molecule has 3 aliphatic rings. The minimum atomic E-state index is -4.44. The van der Waals surface area contributed by atoms with Crippen LogP contribution in [0, 0.1) is 18.8 Å². The van der Waals surface area contributed by atoms with Crippen molar-refractivity contribution in [3.8, 4) is 16.5 Å². The molecule has 7 rings (SSSR count). The fraction of sp³-hybridized carbons (Fsp3) is 0.489. The highest BCUT2D eigenvalue weighted by Gasteiger charge is 2.41. The molecule has 2 aromatic heterocycles. The van der Waals surface area contributed by atoms with Gasteiger partial charge in [-0.1, -0.05) is 51.8 Å². The highest BCUT2D eigenvalue weighted by Crippen LogP contribution is 2.41. The van der Waals surface area contributed by atoms with E-state index in [0.717, 1.165) is 51.8 Å². The summed E-state index contributed by atoms with van der Waals surface area (Å²) in [6.45, 7) is 8.63. The molecule has 1 saturated heterocycles. The number of aromatic amines is 1. The van der Waals surface area contributed by atoms with Gasteiger partial charge < -0.3 is 25.7 Å². The minimum absolute atomic E-state index is 0.00389. The third-order valence-corrected chi connectivity index (χ3v) is 12.7. The maximum absolute atomic E-state index is 12.6. The van der Waals surface area contributed by atoms with Crippen molar-refractivity contribution >= 4 is 57.6 Å². The molecule has 2 aliphatic carbocycles. The van der Waals surface area contributed by atoms with E-state index in [1.54, 1.807) is 42.5 Å². The first kappa shape index (κ1) is 47.2. The zero-order valence-electron chi connectivity index (χ0n) is 35.4. The van der Waals surface area contributed by atoms with Crippen LogP contribution in [0.2, 0.25) is 0 Å². The van der Waals surface area contributed by atoms with Gasteiger partial charge in [0.25, 0.3) is 0 Å². The lowest BCUT2D eigenvalue weighted by Crippen LogP contribution is -2.45. The van der Waals surface area contributed by atoms with Gasteiger partial charge in [-0.3, -0.25) is 23.9 Å². The van der Waals surface area contributed by atoms with Crippen LogP contribution in [0.3, 0.4) is 0 Å². The number of rotatable bonds is 15. The van der Waals surface area contributed by atoms with Crippen LogP contribution in [0.15, 0.2) is 64.8 Å². The number of halogens is 3. The smallest absolute Gasteiger partial charge is 0.416 e. The van der Waals surface area contributed by atoms with E-state index >= 15 is 0 Å². The molecule has 1 unspecified atom stereocenters. The van der Waals surface area contributed by atoms with Gasteiger partial charge in [0, 0.05) is 45.8 Å². The molecule has 2 saturated carbocycles. The van der Waals surface area contributed by atoms with E-state index < -0.39 is 23.7 Å². The molecular weight excluding hydrogens is 826 g/mol. The number of unbranched alkanes of at least 4 members (excludes halogenated alkanes) is 3. The first-order chi connectivity index (χ1) is 29.1. The van der Waals surface area contributed by atoms with Gasteiger partial charge in [0.2, 0.25) is 17.7 Å². The number of nitrogens with one attached hydrogen (secondary N) is 3. The molecule has 0 radical (unpaired) electrons. The molecule has 330 valence electrons. The van der Waals surface area contributed by atoms with Crippen molar-refractivity contribution in [2.75, 3.05) is 25.5 Å². The molecule has 3 heterocycles. The molecular formula is C45H57F3N6O5S2. The molecule has 16 heteroatoms. The Morgan fingerprint density at radius 2 is 1.90 bits per heavy atom. The SMILES string of the molecule is CCCCC/C=C\C1C[C@@H]1C(=O)NSC1CC1.COc1ccc2c(=O)cc(-c3nc(C(C)C)cs3)[nH]c2c1C.NC(=O)[C@@H]1CCCN1C(=O)CNc1cccc(C(F)(F)F)c1. The average molecular weight is 883 g/mol. The molecule has 11 nitrogen and oxygen atoms in total. The molecule has 2 aromatic carbocycles. The summed E-state index contributed by atoms with van der Waals surface area (Å²) in [5, 5.41) is 6.91. The second kappa shape index (κ2) is 21.8. The Balaban J connectivity index is 0.000000175. The number of ether oxygens (including phenoxy) is 1. The Morgan fingerprint density at radius 1 is 1.13 bits per heavy atom. The number of hydrogen-bond donors (Lipinski definition) is 4. The van der Waals surface area contributed by atoms with Gasteiger partial charge in [0.15, 0.2) is 5.43 Å². The summed E-state index contributed by atoms with van der Waals surface area (Å²) in [5.74, 6) is 1.26. The Hall–Kier alpha value is -4.83. The van der Waals surface area contributed by atoms with Gasteiger partial charge in [-0.2, -0.15) is 13.2 Å². The Kier molecular flexibility index (Phi) is 16.9. The van der Waals surface area contributed by atoms with Crippen LogP contribution >= 0.6 is 23.3 Å². The quantitative estimate of drug-likeness (QED) is 0.0522. The minimum Gasteiger partial charge on any atom is -0.496 e. The second-order valence-corrected chi connectivity index (χ2v) is 17.9. The largest absolute Gasteiger partial charge is 0.496 e. The third kappa shape index (κ3) is 13.6. The van der Waals surface area contributed by atoms with Gasteiger partial charge in [0.05, 0.1) is 36.1 Å². The monoisotopic (exact) mass is 882 g/mol. The van der Waals surface area contributed by atoms with E-state index in [-0.39, 0.29) is 35.4 Å². The molecule has 3 amide bonds. The number of benzene rings is 2. The summed E-state index contributed by atoms with van der Waals surface area (Å²) in [5.41, 5.74) is 8.16. The number of hydrogen-bond acceptors (Lipinski definition) is 9.